The zero-order valence-corrected chi connectivity index (χ0v) is 22.4. The van der Waals surface area contributed by atoms with Crippen molar-refractivity contribution in [1.29, 1.82) is 0 Å². The highest BCUT2D eigenvalue weighted by atomic mass is 19.4. The number of pyridine rings is 1. The van der Waals surface area contributed by atoms with Crippen LogP contribution in [0.4, 0.5) is 33.7 Å². The summed E-state index contributed by atoms with van der Waals surface area (Å²) in [6.45, 7) is 5.72. The minimum atomic E-state index is -4.17. The first-order chi connectivity index (χ1) is 19.0. The second kappa shape index (κ2) is 11.1. The Balaban J connectivity index is 1.28. The molecule has 0 radical (unpaired) electrons. The first-order valence-electron chi connectivity index (χ1n) is 13.2. The molecule has 0 amide bonds. The van der Waals surface area contributed by atoms with Crippen molar-refractivity contribution < 1.29 is 22.0 Å². The average Bonchev–Trinajstić information content (AvgIpc) is 3.23. The summed E-state index contributed by atoms with van der Waals surface area (Å²) in [6.07, 6.45) is 0.683. The highest BCUT2D eigenvalue weighted by molar-refractivity contribution is 5.83. The number of aromatic nitrogens is 5. The van der Waals surface area contributed by atoms with Crippen molar-refractivity contribution in [3.8, 4) is 11.3 Å². The van der Waals surface area contributed by atoms with E-state index in [2.05, 4.69) is 25.3 Å². The minimum absolute atomic E-state index is 0.0309. The van der Waals surface area contributed by atoms with Crippen molar-refractivity contribution in [2.45, 2.75) is 52.3 Å². The van der Waals surface area contributed by atoms with Crippen LogP contribution in [0.2, 0.25) is 0 Å². The van der Waals surface area contributed by atoms with Gasteiger partial charge in [0, 0.05) is 17.8 Å². The maximum Gasteiger partial charge on any atom is 0.401 e. The summed E-state index contributed by atoms with van der Waals surface area (Å²) in [6, 6.07) is 6.56. The van der Waals surface area contributed by atoms with Crippen LogP contribution in [0.15, 0.2) is 36.7 Å². The molecule has 4 heterocycles. The fourth-order valence-corrected chi connectivity index (χ4v) is 5.36. The van der Waals surface area contributed by atoms with E-state index in [0.717, 1.165) is 18.2 Å². The molecule has 1 fully saturated rings. The SMILES string of the molecule is Cc1nc2c(F)cc(-c3nc(Nc4ccc(CC5CCN(CC(F)(F)F)CC5)cn4)ncc3F)cc2n1C(C)C. The van der Waals surface area contributed by atoms with Crippen molar-refractivity contribution in [2.24, 2.45) is 5.92 Å². The molecule has 0 spiro atoms. The molecule has 40 heavy (non-hydrogen) atoms. The van der Waals surface area contributed by atoms with Crippen LogP contribution in [0.3, 0.4) is 0 Å². The molecule has 212 valence electrons. The smallest absolute Gasteiger partial charge is 0.326 e. The van der Waals surface area contributed by atoms with Crippen LogP contribution >= 0.6 is 0 Å². The third-order valence-electron chi connectivity index (χ3n) is 7.16. The fourth-order valence-electron chi connectivity index (χ4n) is 5.36. The zero-order chi connectivity index (χ0) is 28.6. The van der Waals surface area contributed by atoms with Gasteiger partial charge in [0.2, 0.25) is 5.95 Å². The number of rotatable bonds is 7. The molecule has 0 aliphatic carbocycles. The van der Waals surface area contributed by atoms with Gasteiger partial charge in [-0.25, -0.2) is 28.7 Å². The number of anilines is 2. The van der Waals surface area contributed by atoms with Crippen LogP contribution in [0.5, 0.6) is 0 Å². The molecule has 12 heteroatoms. The Hall–Kier alpha value is -3.67. The summed E-state index contributed by atoms with van der Waals surface area (Å²) in [4.78, 5) is 18.5. The van der Waals surface area contributed by atoms with Crippen LogP contribution in [0.1, 0.15) is 44.1 Å². The van der Waals surface area contributed by atoms with E-state index in [1.165, 1.54) is 11.0 Å². The van der Waals surface area contributed by atoms with Gasteiger partial charge < -0.3 is 9.88 Å². The predicted octanol–water partition coefficient (Wildman–Crippen LogP) is 6.62. The Morgan fingerprint density at radius 3 is 2.40 bits per heavy atom. The molecule has 0 bridgehead atoms. The van der Waals surface area contributed by atoms with Crippen molar-refractivity contribution >= 4 is 22.8 Å². The summed E-state index contributed by atoms with van der Waals surface area (Å²) < 4.78 is 69.5. The third-order valence-corrected chi connectivity index (χ3v) is 7.16. The number of nitrogens with one attached hydrogen (secondary N) is 1. The van der Waals surface area contributed by atoms with Gasteiger partial charge in [-0.15, -0.1) is 0 Å². The summed E-state index contributed by atoms with van der Waals surface area (Å²) in [7, 11) is 0. The lowest BCUT2D eigenvalue weighted by atomic mass is 9.91. The van der Waals surface area contributed by atoms with Crippen molar-refractivity contribution in [1.82, 2.24) is 29.4 Å². The largest absolute Gasteiger partial charge is 0.401 e. The molecule has 1 aromatic carbocycles. The first kappa shape index (κ1) is 27.9. The molecule has 1 aliphatic rings. The van der Waals surface area contributed by atoms with E-state index in [-0.39, 0.29) is 28.8 Å². The van der Waals surface area contributed by atoms with Crippen LogP contribution in [-0.2, 0) is 6.42 Å². The van der Waals surface area contributed by atoms with Crippen LogP contribution in [0, 0.1) is 24.5 Å². The molecule has 0 saturated carbocycles. The van der Waals surface area contributed by atoms with Crippen molar-refractivity contribution in [3.05, 3.63) is 59.7 Å². The van der Waals surface area contributed by atoms with Gasteiger partial charge in [0.05, 0.1) is 18.3 Å². The normalized spacial score (nSPS) is 15.3. The van der Waals surface area contributed by atoms with Crippen LogP contribution in [0.25, 0.3) is 22.3 Å². The molecule has 0 unspecified atom stereocenters. The number of piperidine rings is 1. The molecule has 0 atom stereocenters. The maximum atomic E-state index is 14.9. The van der Waals surface area contributed by atoms with Crippen LogP contribution in [-0.4, -0.2) is 55.2 Å². The van der Waals surface area contributed by atoms with E-state index < -0.39 is 24.4 Å². The van der Waals surface area contributed by atoms with Gasteiger partial charge in [0.15, 0.2) is 11.6 Å². The molecular formula is C28H30F5N7. The molecule has 1 N–H and O–H groups in total. The van der Waals surface area contributed by atoms with Gasteiger partial charge in [-0.2, -0.15) is 13.2 Å². The number of fused-ring (bicyclic) bond motifs is 1. The van der Waals surface area contributed by atoms with Crippen LogP contribution < -0.4 is 5.32 Å². The zero-order valence-electron chi connectivity index (χ0n) is 22.4. The Morgan fingerprint density at radius 1 is 1.00 bits per heavy atom. The summed E-state index contributed by atoms with van der Waals surface area (Å²) in [5.41, 5.74) is 1.96. The van der Waals surface area contributed by atoms with Gasteiger partial charge in [-0.3, -0.25) is 4.90 Å². The molecule has 7 nitrogen and oxygen atoms in total. The van der Waals surface area contributed by atoms with E-state index in [1.54, 1.807) is 25.3 Å². The van der Waals surface area contributed by atoms with E-state index in [0.29, 0.717) is 49.0 Å². The van der Waals surface area contributed by atoms with E-state index in [1.807, 2.05) is 24.5 Å². The summed E-state index contributed by atoms with van der Waals surface area (Å²) in [5.74, 6) is 0.237. The molecule has 5 rings (SSSR count). The van der Waals surface area contributed by atoms with E-state index >= 15 is 0 Å². The molecule has 1 saturated heterocycles. The highest BCUT2D eigenvalue weighted by Crippen LogP contribution is 2.31. The van der Waals surface area contributed by atoms with Gasteiger partial charge in [0.1, 0.15) is 22.9 Å². The summed E-state index contributed by atoms with van der Waals surface area (Å²) >= 11 is 0. The van der Waals surface area contributed by atoms with Gasteiger partial charge >= 0.3 is 6.18 Å². The topological polar surface area (TPSA) is 71.8 Å². The fraction of sp³-hybridized carbons (Fsp3) is 0.429. The Kier molecular flexibility index (Phi) is 7.72. The number of nitrogens with zero attached hydrogens (tertiary/aromatic N) is 6. The number of aryl methyl sites for hydroxylation is 1. The summed E-state index contributed by atoms with van der Waals surface area (Å²) in [5, 5.41) is 2.96. The molecule has 3 aromatic heterocycles. The van der Waals surface area contributed by atoms with Gasteiger partial charge in [-0.05, 0) is 82.8 Å². The van der Waals surface area contributed by atoms with E-state index in [4.69, 9.17) is 0 Å². The second-order valence-corrected chi connectivity index (χ2v) is 10.6. The van der Waals surface area contributed by atoms with Crippen molar-refractivity contribution in [2.75, 3.05) is 25.0 Å². The number of halogens is 5. The number of imidazole rings is 1. The number of alkyl halides is 3. The number of benzene rings is 1. The van der Waals surface area contributed by atoms with Crippen molar-refractivity contribution in [3.63, 3.8) is 0 Å². The average molecular weight is 560 g/mol. The Bertz CT molecular complexity index is 1490. The van der Waals surface area contributed by atoms with Gasteiger partial charge in [-0.1, -0.05) is 6.07 Å². The lowest BCUT2D eigenvalue weighted by Gasteiger charge is -2.32. The Morgan fingerprint density at radius 2 is 1.75 bits per heavy atom. The Labute approximate surface area is 228 Å². The number of hydrogen-bond donors (Lipinski definition) is 1. The third kappa shape index (κ3) is 6.22. The predicted molar refractivity (Wildman–Crippen MR) is 142 cm³/mol. The van der Waals surface area contributed by atoms with E-state index in [9.17, 15) is 22.0 Å². The lowest BCUT2D eigenvalue weighted by molar-refractivity contribution is -0.148. The first-order valence-corrected chi connectivity index (χ1v) is 13.2. The minimum Gasteiger partial charge on any atom is -0.326 e. The number of likely N-dealkylation sites (tertiary alicyclic amines) is 1. The number of hydrogen-bond acceptors (Lipinski definition) is 6. The quantitative estimate of drug-likeness (QED) is 0.257. The molecule has 1 aliphatic heterocycles. The second-order valence-electron chi connectivity index (χ2n) is 10.6. The molecular weight excluding hydrogens is 529 g/mol. The highest BCUT2D eigenvalue weighted by Gasteiger charge is 2.32. The molecule has 4 aromatic rings. The maximum absolute atomic E-state index is 14.9. The lowest BCUT2D eigenvalue weighted by Crippen LogP contribution is -2.40. The van der Waals surface area contributed by atoms with Gasteiger partial charge in [0.25, 0.3) is 0 Å². The standard InChI is InChI=1S/C28H30F5N7/c1-16(2)40-17(3)36-26-21(29)11-20(12-23(26)40)25-22(30)14-35-27(38-25)37-24-5-4-19(13-34-24)10-18-6-8-39(9-7-18)15-28(31,32)33/h4-5,11-14,16,18H,6-10,15H2,1-3H3,(H,34,35,37,38). The monoisotopic (exact) mass is 559 g/mol.